The third-order valence-corrected chi connectivity index (χ3v) is 3.67. The van der Waals surface area contributed by atoms with Crippen LogP contribution in [0.4, 0.5) is 0 Å². The van der Waals surface area contributed by atoms with Crippen molar-refractivity contribution in [1.82, 2.24) is 0 Å². The van der Waals surface area contributed by atoms with E-state index in [0.717, 1.165) is 16.9 Å². The number of rotatable bonds is 1. The molecular formula is C15H20O3. The van der Waals surface area contributed by atoms with Crippen LogP contribution >= 0.6 is 0 Å². The summed E-state index contributed by atoms with van der Waals surface area (Å²) in [7, 11) is 0. The number of phenolic OH excluding ortho intramolecular Hbond substituents is 1. The fourth-order valence-electron chi connectivity index (χ4n) is 2.29. The zero-order chi connectivity index (χ0) is 13.5. The molecule has 0 unspecified atom stereocenters. The van der Waals surface area contributed by atoms with E-state index >= 15 is 0 Å². The molecule has 0 radical (unpaired) electrons. The molecule has 0 bridgehead atoms. The first kappa shape index (κ1) is 13.0. The monoisotopic (exact) mass is 248 g/mol. The molecule has 18 heavy (non-hydrogen) atoms. The van der Waals surface area contributed by atoms with Gasteiger partial charge in [0.05, 0.1) is 6.10 Å². The molecule has 2 rings (SSSR count). The minimum atomic E-state index is -0.643. The second-order valence-corrected chi connectivity index (χ2v) is 5.48. The fourth-order valence-corrected chi connectivity index (χ4v) is 2.29. The van der Waals surface area contributed by atoms with E-state index < -0.39 is 11.7 Å². The topological polar surface area (TPSA) is 49.7 Å². The number of hydrogen-bond donors (Lipinski definition) is 2. The lowest BCUT2D eigenvalue weighted by Crippen LogP contribution is -2.41. The maximum Gasteiger partial charge on any atom is 0.129 e. The van der Waals surface area contributed by atoms with Crippen LogP contribution in [0.5, 0.6) is 11.5 Å². The standard InChI is InChI=1S/C15H20O3/c1-5-10-7-14(17)15(3,4)18-13-6-9(2)12(16)8-11(10)13/h5-6,8,10,14,16-17H,1,7H2,2-4H3/t10-,14-/m0/s1. The Labute approximate surface area is 108 Å². The lowest BCUT2D eigenvalue weighted by atomic mass is 9.88. The number of aryl methyl sites for hydroxylation is 1. The van der Waals surface area contributed by atoms with Gasteiger partial charge in [0.25, 0.3) is 0 Å². The Morgan fingerprint density at radius 3 is 2.72 bits per heavy atom. The Bertz CT molecular complexity index is 477. The second kappa shape index (κ2) is 4.32. The minimum absolute atomic E-state index is 0.0109. The number of aliphatic hydroxyl groups excluding tert-OH is 1. The maximum absolute atomic E-state index is 10.2. The summed E-state index contributed by atoms with van der Waals surface area (Å²) in [4.78, 5) is 0. The first-order chi connectivity index (χ1) is 8.35. The van der Waals surface area contributed by atoms with Crippen molar-refractivity contribution in [2.75, 3.05) is 0 Å². The van der Waals surface area contributed by atoms with Gasteiger partial charge in [0.15, 0.2) is 0 Å². The number of hydrogen-bond acceptors (Lipinski definition) is 3. The first-order valence-electron chi connectivity index (χ1n) is 6.18. The molecule has 3 heteroatoms. The Morgan fingerprint density at radius 1 is 1.44 bits per heavy atom. The number of phenols is 1. The molecule has 0 saturated carbocycles. The number of benzene rings is 1. The van der Waals surface area contributed by atoms with Gasteiger partial charge >= 0.3 is 0 Å². The van der Waals surface area contributed by atoms with Gasteiger partial charge in [0, 0.05) is 11.5 Å². The van der Waals surface area contributed by atoms with E-state index in [-0.39, 0.29) is 11.7 Å². The van der Waals surface area contributed by atoms with E-state index in [1.807, 2.05) is 26.8 Å². The van der Waals surface area contributed by atoms with Crippen LogP contribution in [0, 0.1) is 6.92 Å². The van der Waals surface area contributed by atoms with Gasteiger partial charge in [-0.15, -0.1) is 6.58 Å². The van der Waals surface area contributed by atoms with E-state index in [4.69, 9.17) is 4.74 Å². The van der Waals surface area contributed by atoms with Gasteiger partial charge in [-0.2, -0.15) is 0 Å². The van der Waals surface area contributed by atoms with Gasteiger partial charge in [-0.25, -0.2) is 0 Å². The summed E-state index contributed by atoms with van der Waals surface area (Å²) < 4.78 is 5.92. The minimum Gasteiger partial charge on any atom is -0.508 e. The van der Waals surface area contributed by atoms with Gasteiger partial charge in [0.2, 0.25) is 0 Å². The highest BCUT2D eigenvalue weighted by molar-refractivity contribution is 5.49. The SMILES string of the molecule is C=C[C@H]1C[C@H](O)C(C)(C)Oc2cc(C)c(O)cc21. The van der Waals surface area contributed by atoms with Crippen LogP contribution in [0.1, 0.15) is 37.3 Å². The summed E-state index contributed by atoms with van der Waals surface area (Å²) in [5.41, 5.74) is 1.01. The molecule has 1 aliphatic heterocycles. The van der Waals surface area contributed by atoms with Gasteiger partial charge in [0.1, 0.15) is 17.1 Å². The molecule has 1 aromatic rings. The summed E-state index contributed by atoms with van der Waals surface area (Å²) in [6.45, 7) is 9.38. The molecule has 0 aliphatic carbocycles. The van der Waals surface area contributed by atoms with Crippen LogP contribution in [0.3, 0.4) is 0 Å². The van der Waals surface area contributed by atoms with Crippen LogP contribution in [-0.4, -0.2) is 21.9 Å². The summed E-state index contributed by atoms with van der Waals surface area (Å²) in [6, 6.07) is 3.53. The fraction of sp³-hybridized carbons (Fsp3) is 0.467. The van der Waals surface area contributed by atoms with Crippen LogP contribution in [0.2, 0.25) is 0 Å². The van der Waals surface area contributed by atoms with Crippen molar-refractivity contribution in [1.29, 1.82) is 0 Å². The molecule has 0 saturated heterocycles. The average molecular weight is 248 g/mol. The predicted octanol–water partition coefficient (Wildman–Crippen LogP) is 2.89. The Hall–Kier alpha value is -1.48. The lowest BCUT2D eigenvalue weighted by Gasteiger charge is -2.29. The highest BCUT2D eigenvalue weighted by Crippen LogP contribution is 2.41. The summed E-state index contributed by atoms with van der Waals surface area (Å²) in [5.74, 6) is 0.957. The smallest absolute Gasteiger partial charge is 0.129 e. The number of aromatic hydroxyl groups is 1. The molecular weight excluding hydrogens is 228 g/mol. The van der Waals surface area contributed by atoms with Crippen molar-refractivity contribution < 1.29 is 14.9 Å². The molecule has 98 valence electrons. The molecule has 0 amide bonds. The molecule has 3 nitrogen and oxygen atoms in total. The van der Waals surface area contributed by atoms with Crippen LogP contribution < -0.4 is 4.74 Å². The Kier molecular flexibility index (Phi) is 3.11. The van der Waals surface area contributed by atoms with E-state index in [0.29, 0.717) is 6.42 Å². The lowest BCUT2D eigenvalue weighted by molar-refractivity contribution is -0.0273. The summed E-state index contributed by atoms with van der Waals surface area (Å²) in [6.07, 6.45) is 1.77. The van der Waals surface area contributed by atoms with Crippen molar-refractivity contribution in [3.8, 4) is 11.5 Å². The van der Waals surface area contributed by atoms with Crippen molar-refractivity contribution in [2.24, 2.45) is 0 Å². The molecule has 1 aliphatic rings. The molecule has 0 spiro atoms. The zero-order valence-corrected chi connectivity index (χ0v) is 11.1. The molecule has 0 aromatic heterocycles. The summed E-state index contributed by atoms with van der Waals surface area (Å²) >= 11 is 0. The van der Waals surface area contributed by atoms with E-state index in [1.165, 1.54) is 0 Å². The Morgan fingerprint density at radius 2 is 2.11 bits per heavy atom. The number of ether oxygens (including phenoxy) is 1. The summed E-state index contributed by atoms with van der Waals surface area (Å²) in [5, 5.41) is 20.0. The number of fused-ring (bicyclic) bond motifs is 1. The quantitative estimate of drug-likeness (QED) is 0.751. The van der Waals surface area contributed by atoms with Gasteiger partial charge in [-0.1, -0.05) is 6.08 Å². The van der Waals surface area contributed by atoms with E-state index in [9.17, 15) is 10.2 Å². The van der Waals surface area contributed by atoms with Crippen LogP contribution in [0.25, 0.3) is 0 Å². The number of allylic oxidation sites excluding steroid dienone is 1. The van der Waals surface area contributed by atoms with Gasteiger partial charge < -0.3 is 14.9 Å². The molecule has 2 atom stereocenters. The average Bonchev–Trinajstić information content (AvgIpc) is 2.37. The zero-order valence-electron chi connectivity index (χ0n) is 11.1. The van der Waals surface area contributed by atoms with Crippen molar-refractivity contribution in [3.05, 3.63) is 35.9 Å². The van der Waals surface area contributed by atoms with E-state index in [2.05, 4.69) is 6.58 Å². The Balaban J connectivity index is 2.57. The normalized spacial score (nSPS) is 25.8. The molecule has 2 N–H and O–H groups in total. The molecule has 1 aromatic carbocycles. The highest BCUT2D eigenvalue weighted by atomic mass is 16.5. The molecule has 1 heterocycles. The number of aliphatic hydroxyl groups is 1. The van der Waals surface area contributed by atoms with Crippen LogP contribution in [0.15, 0.2) is 24.8 Å². The largest absolute Gasteiger partial charge is 0.508 e. The maximum atomic E-state index is 10.2. The van der Waals surface area contributed by atoms with Crippen LogP contribution in [-0.2, 0) is 0 Å². The third kappa shape index (κ3) is 2.10. The third-order valence-electron chi connectivity index (χ3n) is 3.67. The first-order valence-corrected chi connectivity index (χ1v) is 6.18. The van der Waals surface area contributed by atoms with Crippen molar-refractivity contribution in [3.63, 3.8) is 0 Å². The van der Waals surface area contributed by atoms with Crippen molar-refractivity contribution >= 4 is 0 Å². The van der Waals surface area contributed by atoms with Crippen molar-refractivity contribution in [2.45, 2.75) is 44.8 Å². The molecule has 0 fully saturated rings. The van der Waals surface area contributed by atoms with Gasteiger partial charge in [-0.3, -0.25) is 0 Å². The highest BCUT2D eigenvalue weighted by Gasteiger charge is 2.36. The predicted molar refractivity (Wildman–Crippen MR) is 71.1 cm³/mol. The van der Waals surface area contributed by atoms with E-state index in [1.54, 1.807) is 12.1 Å². The van der Waals surface area contributed by atoms with Gasteiger partial charge in [-0.05, 0) is 44.9 Å². The second-order valence-electron chi connectivity index (χ2n) is 5.48.